The highest BCUT2D eigenvalue weighted by Crippen LogP contribution is 2.23. The molecule has 1 aromatic rings. The predicted molar refractivity (Wildman–Crippen MR) is 42.4 cm³/mol. The second-order valence-electron chi connectivity index (χ2n) is 2.06. The van der Waals surface area contributed by atoms with Crippen molar-refractivity contribution in [3.8, 4) is 12.0 Å². The van der Waals surface area contributed by atoms with Crippen LogP contribution in [0.2, 0.25) is 0 Å². The zero-order valence-corrected chi connectivity index (χ0v) is 6.75. The summed E-state index contributed by atoms with van der Waals surface area (Å²) in [6.07, 6.45) is 1.51. The van der Waals surface area contributed by atoms with Crippen molar-refractivity contribution >= 4 is 11.6 Å². The van der Waals surface area contributed by atoms with Crippen LogP contribution in [0.5, 0.6) is 5.75 Å². The highest BCUT2D eigenvalue weighted by molar-refractivity contribution is 6.19. The van der Waals surface area contributed by atoms with E-state index < -0.39 is 5.63 Å². The first-order valence-electron chi connectivity index (χ1n) is 3.18. The summed E-state index contributed by atoms with van der Waals surface area (Å²) in [5.41, 5.74) is -1.16. The Morgan fingerprint density at radius 3 is 2.42 bits per heavy atom. The Kier molecular flexibility index (Phi) is 2.89. The van der Waals surface area contributed by atoms with Crippen molar-refractivity contribution in [2.24, 2.45) is 0 Å². The first-order valence-corrected chi connectivity index (χ1v) is 3.61. The van der Waals surface area contributed by atoms with E-state index in [1.165, 1.54) is 30.5 Å². The molecule has 0 spiro atoms. The molecule has 1 unspecified atom stereocenters. The standard InChI is InChI=1S/C8H5ClFNO/c9-8(10)6-1-3-7(4-2-6)12-5-11/h1-4,8H. The Bertz CT molecular complexity index is 291. The van der Waals surface area contributed by atoms with E-state index in [4.69, 9.17) is 16.9 Å². The molecule has 0 N–H and O–H groups in total. The molecule has 0 radical (unpaired) electrons. The van der Waals surface area contributed by atoms with Crippen LogP contribution in [0.3, 0.4) is 0 Å². The first kappa shape index (κ1) is 8.82. The average molecular weight is 186 g/mol. The molecule has 0 heterocycles. The molecule has 0 aromatic heterocycles. The van der Waals surface area contributed by atoms with E-state index in [-0.39, 0.29) is 0 Å². The molecule has 0 bridgehead atoms. The van der Waals surface area contributed by atoms with Gasteiger partial charge in [-0.1, -0.05) is 23.7 Å². The van der Waals surface area contributed by atoms with Crippen molar-refractivity contribution in [1.29, 1.82) is 5.26 Å². The average Bonchev–Trinajstić information content (AvgIpc) is 2.06. The number of hydrogen-bond donors (Lipinski definition) is 0. The van der Waals surface area contributed by atoms with E-state index in [1.54, 1.807) is 0 Å². The normalized spacial score (nSPS) is 11.8. The lowest BCUT2D eigenvalue weighted by Crippen LogP contribution is -1.84. The summed E-state index contributed by atoms with van der Waals surface area (Å²) in [6.45, 7) is 0. The summed E-state index contributed by atoms with van der Waals surface area (Å²) in [6, 6.07) is 5.88. The number of ether oxygens (including phenoxy) is 1. The fourth-order valence-electron chi connectivity index (χ4n) is 0.734. The molecule has 4 heteroatoms. The Morgan fingerprint density at radius 1 is 1.42 bits per heavy atom. The third kappa shape index (κ3) is 2.11. The minimum Gasteiger partial charge on any atom is -0.388 e. The topological polar surface area (TPSA) is 33.0 Å². The van der Waals surface area contributed by atoms with Gasteiger partial charge in [-0.05, 0) is 12.1 Å². The van der Waals surface area contributed by atoms with Crippen molar-refractivity contribution in [3.05, 3.63) is 29.8 Å². The second kappa shape index (κ2) is 3.93. The van der Waals surface area contributed by atoms with E-state index in [0.29, 0.717) is 11.3 Å². The van der Waals surface area contributed by atoms with Gasteiger partial charge in [0.15, 0.2) is 5.63 Å². The van der Waals surface area contributed by atoms with Crippen LogP contribution < -0.4 is 4.74 Å². The number of halogens is 2. The molecule has 1 rings (SSSR count). The largest absolute Gasteiger partial charge is 0.388 e. The van der Waals surface area contributed by atoms with Gasteiger partial charge >= 0.3 is 0 Å². The minimum absolute atomic E-state index is 0.349. The monoisotopic (exact) mass is 185 g/mol. The fourth-order valence-corrected chi connectivity index (χ4v) is 0.880. The van der Waals surface area contributed by atoms with Crippen molar-refractivity contribution in [2.45, 2.75) is 5.63 Å². The number of hydrogen-bond acceptors (Lipinski definition) is 2. The molecule has 12 heavy (non-hydrogen) atoms. The van der Waals surface area contributed by atoms with Gasteiger partial charge in [-0.2, -0.15) is 0 Å². The van der Waals surface area contributed by atoms with Gasteiger partial charge in [-0.3, -0.25) is 0 Å². The molecule has 62 valence electrons. The zero-order chi connectivity index (χ0) is 8.97. The molecule has 0 saturated carbocycles. The van der Waals surface area contributed by atoms with Gasteiger partial charge in [0, 0.05) is 5.56 Å². The Hall–Kier alpha value is -1.27. The summed E-state index contributed by atoms with van der Waals surface area (Å²) in [5.74, 6) is 0.374. The quantitative estimate of drug-likeness (QED) is 0.524. The van der Waals surface area contributed by atoms with Crippen LogP contribution >= 0.6 is 11.6 Å². The Labute approximate surface area is 74.1 Å². The van der Waals surface area contributed by atoms with Crippen LogP contribution in [0.4, 0.5) is 4.39 Å². The zero-order valence-electron chi connectivity index (χ0n) is 6.00. The van der Waals surface area contributed by atoms with E-state index >= 15 is 0 Å². The maximum atomic E-state index is 12.4. The third-order valence-electron chi connectivity index (χ3n) is 1.30. The van der Waals surface area contributed by atoms with Gasteiger partial charge in [0.1, 0.15) is 5.75 Å². The molecule has 0 aliphatic rings. The summed E-state index contributed by atoms with van der Waals surface area (Å²) in [5, 5.41) is 8.13. The van der Waals surface area contributed by atoms with Gasteiger partial charge in [-0.15, -0.1) is 5.26 Å². The Morgan fingerprint density at radius 2 is 2.00 bits per heavy atom. The van der Waals surface area contributed by atoms with Crippen LogP contribution in [0.1, 0.15) is 11.2 Å². The molecular formula is C8H5ClFNO. The summed E-state index contributed by atoms with van der Waals surface area (Å²) >= 11 is 5.16. The Balaban J connectivity index is 2.80. The van der Waals surface area contributed by atoms with Crippen molar-refractivity contribution in [1.82, 2.24) is 0 Å². The predicted octanol–water partition coefficient (Wildman–Crippen LogP) is 2.75. The third-order valence-corrected chi connectivity index (χ3v) is 1.55. The van der Waals surface area contributed by atoms with E-state index in [0.717, 1.165) is 0 Å². The summed E-state index contributed by atoms with van der Waals surface area (Å²) < 4.78 is 16.9. The molecule has 0 amide bonds. The van der Waals surface area contributed by atoms with E-state index in [2.05, 4.69) is 4.74 Å². The molecule has 2 nitrogen and oxygen atoms in total. The number of alkyl halides is 2. The summed E-state index contributed by atoms with van der Waals surface area (Å²) in [7, 11) is 0. The van der Waals surface area contributed by atoms with Crippen molar-refractivity contribution in [3.63, 3.8) is 0 Å². The molecule has 1 aromatic carbocycles. The van der Waals surface area contributed by atoms with Gasteiger partial charge < -0.3 is 4.74 Å². The van der Waals surface area contributed by atoms with Gasteiger partial charge in [0.05, 0.1) is 0 Å². The lowest BCUT2D eigenvalue weighted by atomic mass is 10.2. The molecular weight excluding hydrogens is 181 g/mol. The number of rotatable bonds is 2. The first-order chi connectivity index (χ1) is 5.74. The number of benzene rings is 1. The van der Waals surface area contributed by atoms with E-state index in [1.807, 2.05) is 0 Å². The van der Waals surface area contributed by atoms with E-state index in [9.17, 15) is 4.39 Å². The van der Waals surface area contributed by atoms with Crippen molar-refractivity contribution < 1.29 is 9.13 Å². The smallest absolute Gasteiger partial charge is 0.292 e. The highest BCUT2D eigenvalue weighted by Gasteiger charge is 2.03. The number of nitrogens with zero attached hydrogens (tertiary/aromatic N) is 1. The van der Waals surface area contributed by atoms with Crippen LogP contribution in [-0.2, 0) is 0 Å². The fraction of sp³-hybridized carbons (Fsp3) is 0.125. The maximum absolute atomic E-state index is 12.4. The molecule has 0 fully saturated rings. The van der Waals surface area contributed by atoms with Gasteiger partial charge in [-0.25, -0.2) is 4.39 Å². The van der Waals surface area contributed by atoms with Gasteiger partial charge in [0.25, 0.3) is 6.26 Å². The molecule has 1 atom stereocenters. The SMILES string of the molecule is N#COc1ccc(C(F)Cl)cc1. The van der Waals surface area contributed by atoms with Crippen LogP contribution in [-0.4, -0.2) is 0 Å². The van der Waals surface area contributed by atoms with Crippen LogP contribution in [0.15, 0.2) is 24.3 Å². The molecule has 0 aliphatic heterocycles. The lowest BCUT2D eigenvalue weighted by molar-refractivity contribution is 0.459. The molecule has 0 aliphatic carbocycles. The second-order valence-corrected chi connectivity index (χ2v) is 2.45. The highest BCUT2D eigenvalue weighted by atomic mass is 35.5. The van der Waals surface area contributed by atoms with Crippen LogP contribution in [0.25, 0.3) is 0 Å². The van der Waals surface area contributed by atoms with Gasteiger partial charge in [0.2, 0.25) is 0 Å². The van der Waals surface area contributed by atoms with Crippen molar-refractivity contribution in [2.75, 3.05) is 0 Å². The van der Waals surface area contributed by atoms with Crippen LogP contribution in [0, 0.1) is 11.5 Å². The lowest BCUT2D eigenvalue weighted by Gasteiger charge is -1.99. The molecule has 0 saturated heterocycles. The summed E-state index contributed by atoms with van der Waals surface area (Å²) in [4.78, 5) is 0. The minimum atomic E-state index is -1.51. The number of nitriles is 1. The maximum Gasteiger partial charge on any atom is 0.292 e.